The Labute approximate surface area is 188 Å². The number of amides is 2. The molecule has 2 N–H and O–H groups in total. The molecule has 1 aromatic heterocycles. The molecule has 0 bridgehead atoms. The number of aromatic nitrogens is 1. The molecule has 0 atom stereocenters. The third-order valence-electron chi connectivity index (χ3n) is 5.48. The van der Waals surface area contributed by atoms with Crippen molar-refractivity contribution in [1.29, 1.82) is 0 Å². The number of urea groups is 1. The van der Waals surface area contributed by atoms with Crippen LogP contribution in [0, 0.1) is 6.92 Å². The van der Waals surface area contributed by atoms with Gasteiger partial charge in [-0.2, -0.15) is 0 Å². The van der Waals surface area contributed by atoms with Gasteiger partial charge in [0.1, 0.15) is 0 Å². The molecule has 0 spiro atoms. The van der Waals surface area contributed by atoms with Crippen molar-refractivity contribution in [1.82, 2.24) is 14.8 Å². The first kappa shape index (κ1) is 23.4. The summed E-state index contributed by atoms with van der Waals surface area (Å²) in [4.78, 5) is 35.4. The summed E-state index contributed by atoms with van der Waals surface area (Å²) in [5.41, 5.74) is 2.11. The Balaban J connectivity index is 1.57. The van der Waals surface area contributed by atoms with E-state index in [1.807, 2.05) is 25.3 Å². The van der Waals surface area contributed by atoms with Crippen LogP contribution in [0.3, 0.4) is 0 Å². The van der Waals surface area contributed by atoms with Crippen molar-refractivity contribution in [3.05, 3.63) is 40.4 Å². The van der Waals surface area contributed by atoms with E-state index in [0.717, 1.165) is 62.4 Å². The van der Waals surface area contributed by atoms with Crippen molar-refractivity contribution in [3.8, 4) is 0 Å². The first-order chi connectivity index (χ1) is 14.9. The van der Waals surface area contributed by atoms with E-state index < -0.39 is 0 Å². The number of aryl methyl sites for hydroxylation is 1. The Hall–Kier alpha value is -2.29. The topological polar surface area (TPSA) is 77.6 Å². The lowest BCUT2D eigenvalue weighted by Crippen LogP contribution is -2.43. The van der Waals surface area contributed by atoms with Crippen molar-refractivity contribution in [3.63, 3.8) is 0 Å². The van der Waals surface area contributed by atoms with Crippen LogP contribution in [-0.2, 0) is 6.54 Å². The van der Waals surface area contributed by atoms with Gasteiger partial charge in [-0.25, -0.2) is 9.78 Å². The lowest BCUT2D eigenvalue weighted by Gasteiger charge is -2.31. The summed E-state index contributed by atoms with van der Waals surface area (Å²) in [5.74, 6) is 0.0659. The summed E-state index contributed by atoms with van der Waals surface area (Å²) in [6.07, 6.45) is 5.29. The Morgan fingerprint density at radius 3 is 2.65 bits per heavy atom. The summed E-state index contributed by atoms with van der Waals surface area (Å²) in [5, 5.41) is 6.20. The van der Waals surface area contributed by atoms with E-state index >= 15 is 0 Å². The Bertz CT molecular complexity index is 890. The van der Waals surface area contributed by atoms with Gasteiger partial charge in [-0.15, -0.1) is 11.3 Å². The second-order valence-electron chi connectivity index (χ2n) is 8.22. The van der Waals surface area contributed by atoms with Crippen LogP contribution in [-0.4, -0.2) is 59.8 Å². The van der Waals surface area contributed by atoms with Crippen molar-refractivity contribution in [2.75, 3.05) is 43.9 Å². The van der Waals surface area contributed by atoms with E-state index in [1.165, 1.54) is 11.3 Å². The van der Waals surface area contributed by atoms with Crippen LogP contribution < -0.4 is 10.6 Å². The monoisotopic (exact) mass is 443 g/mol. The highest BCUT2D eigenvalue weighted by atomic mass is 32.1. The van der Waals surface area contributed by atoms with Gasteiger partial charge in [0.25, 0.3) is 0 Å². The fourth-order valence-electron chi connectivity index (χ4n) is 3.58. The number of likely N-dealkylation sites (N-methyl/N-ethyl adjacent to an activating group) is 1. The fourth-order valence-corrected chi connectivity index (χ4v) is 4.43. The van der Waals surface area contributed by atoms with Crippen molar-refractivity contribution in [2.24, 2.45) is 0 Å². The van der Waals surface area contributed by atoms with E-state index in [4.69, 9.17) is 0 Å². The average Bonchev–Trinajstić information content (AvgIpc) is 3.17. The molecule has 2 aromatic rings. The summed E-state index contributed by atoms with van der Waals surface area (Å²) in [6, 6.07) is 5.16. The predicted octanol–water partition coefficient (Wildman–Crippen LogP) is 4.61. The molecule has 168 valence electrons. The van der Waals surface area contributed by atoms with Crippen LogP contribution in [0.2, 0.25) is 0 Å². The molecule has 2 heterocycles. The number of nitrogens with zero attached hydrogens (tertiary/aromatic N) is 3. The van der Waals surface area contributed by atoms with Crippen LogP contribution in [0.15, 0.2) is 24.4 Å². The van der Waals surface area contributed by atoms with Gasteiger partial charge in [0.15, 0.2) is 10.9 Å². The van der Waals surface area contributed by atoms with Crippen LogP contribution >= 0.6 is 11.3 Å². The van der Waals surface area contributed by atoms with Gasteiger partial charge < -0.3 is 10.2 Å². The quantitative estimate of drug-likeness (QED) is 0.437. The second kappa shape index (κ2) is 11.4. The summed E-state index contributed by atoms with van der Waals surface area (Å²) in [6.45, 7) is 9.14. The molecule has 1 fully saturated rings. The molecule has 1 aromatic carbocycles. The molecule has 8 heteroatoms. The SMILES string of the molecule is CCCCCC(=O)c1cc(C)ccc1NC(=O)Nc1ncc(CN2CCN(C)CC2)s1. The number of anilines is 2. The second-order valence-corrected chi connectivity index (χ2v) is 9.33. The number of carbonyl (C=O) groups excluding carboxylic acids is 2. The first-order valence-electron chi connectivity index (χ1n) is 11.0. The van der Waals surface area contributed by atoms with Gasteiger partial charge in [0, 0.05) is 55.8 Å². The summed E-state index contributed by atoms with van der Waals surface area (Å²) < 4.78 is 0. The van der Waals surface area contributed by atoms with E-state index in [2.05, 4.69) is 39.4 Å². The third-order valence-corrected chi connectivity index (χ3v) is 6.38. The zero-order valence-electron chi connectivity index (χ0n) is 18.7. The van der Waals surface area contributed by atoms with Crippen molar-refractivity contribution < 1.29 is 9.59 Å². The number of hydrogen-bond donors (Lipinski definition) is 2. The van der Waals surface area contributed by atoms with Crippen LogP contribution in [0.5, 0.6) is 0 Å². The van der Waals surface area contributed by atoms with Gasteiger partial charge in [-0.1, -0.05) is 31.4 Å². The minimum atomic E-state index is -0.382. The fraction of sp³-hybridized carbons (Fsp3) is 0.522. The van der Waals surface area contributed by atoms with Crippen molar-refractivity contribution >= 4 is 34.0 Å². The van der Waals surface area contributed by atoms with E-state index in [1.54, 1.807) is 6.07 Å². The van der Waals surface area contributed by atoms with Gasteiger partial charge in [-0.3, -0.25) is 15.0 Å². The molecule has 1 aliphatic rings. The Morgan fingerprint density at radius 1 is 1.13 bits per heavy atom. The van der Waals surface area contributed by atoms with Gasteiger partial charge in [0.2, 0.25) is 0 Å². The molecule has 0 aliphatic carbocycles. The van der Waals surface area contributed by atoms with Crippen LogP contribution in [0.25, 0.3) is 0 Å². The Kier molecular flexibility index (Phi) is 8.57. The number of thiazole rings is 1. The maximum atomic E-state index is 12.7. The highest BCUT2D eigenvalue weighted by Gasteiger charge is 2.17. The number of ketones is 1. The molecule has 7 nitrogen and oxygen atoms in total. The molecule has 1 saturated heterocycles. The van der Waals surface area contributed by atoms with Gasteiger partial charge in [0.05, 0.1) is 5.69 Å². The molecular weight excluding hydrogens is 410 g/mol. The maximum Gasteiger partial charge on any atom is 0.325 e. The van der Waals surface area contributed by atoms with E-state index in [0.29, 0.717) is 22.8 Å². The average molecular weight is 444 g/mol. The number of rotatable bonds is 9. The maximum absolute atomic E-state index is 12.7. The Morgan fingerprint density at radius 2 is 1.90 bits per heavy atom. The first-order valence-corrected chi connectivity index (χ1v) is 11.8. The van der Waals surface area contributed by atoms with Gasteiger partial charge >= 0.3 is 6.03 Å². The molecular formula is C23H33N5O2S. The van der Waals surface area contributed by atoms with Crippen molar-refractivity contribution in [2.45, 2.75) is 46.1 Å². The molecule has 3 rings (SSSR count). The number of Topliss-reactive ketones (excluding diaryl/α,β-unsaturated/α-hetero) is 1. The van der Waals surface area contributed by atoms with Crippen LogP contribution in [0.1, 0.15) is 53.4 Å². The van der Waals surface area contributed by atoms with Crippen LogP contribution in [0.4, 0.5) is 15.6 Å². The van der Waals surface area contributed by atoms with E-state index in [9.17, 15) is 9.59 Å². The minimum Gasteiger partial charge on any atom is -0.307 e. The standard InChI is InChI=1S/C23H33N5O2S/c1-4-5-6-7-21(29)19-14-17(2)8-9-20(19)25-22(30)26-23-24-15-18(31-23)16-28-12-10-27(3)11-13-28/h8-9,14-15H,4-7,10-13,16H2,1-3H3,(H2,24,25,26,30). The molecule has 1 aliphatic heterocycles. The number of nitrogens with one attached hydrogen (secondary N) is 2. The number of piperazine rings is 1. The molecule has 0 unspecified atom stereocenters. The lowest BCUT2D eigenvalue weighted by molar-refractivity contribution is 0.0980. The molecule has 31 heavy (non-hydrogen) atoms. The molecule has 2 amide bonds. The largest absolute Gasteiger partial charge is 0.325 e. The number of hydrogen-bond acceptors (Lipinski definition) is 6. The van der Waals surface area contributed by atoms with E-state index in [-0.39, 0.29) is 11.8 Å². The zero-order chi connectivity index (χ0) is 22.2. The normalized spacial score (nSPS) is 15.1. The predicted molar refractivity (Wildman–Crippen MR) is 127 cm³/mol. The minimum absolute atomic E-state index is 0.0659. The summed E-state index contributed by atoms with van der Waals surface area (Å²) in [7, 11) is 2.14. The highest BCUT2D eigenvalue weighted by Crippen LogP contribution is 2.23. The highest BCUT2D eigenvalue weighted by molar-refractivity contribution is 7.15. The smallest absolute Gasteiger partial charge is 0.307 e. The number of benzene rings is 1. The summed E-state index contributed by atoms with van der Waals surface area (Å²) >= 11 is 1.49. The third kappa shape index (κ3) is 7.12. The lowest BCUT2D eigenvalue weighted by atomic mass is 10.0. The number of carbonyl (C=O) groups is 2. The number of unbranched alkanes of at least 4 members (excludes halogenated alkanes) is 2. The van der Waals surface area contributed by atoms with Gasteiger partial charge in [-0.05, 0) is 32.5 Å². The zero-order valence-corrected chi connectivity index (χ0v) is 19.6. The molecule has 0 saturated carbocycles. The molecule has 0 radical (unpaired) electrons.